The molecule has 1 amide bonds. The molecule has 1 aromatic carbocycles. The number of hydrogen-bond donors (Lipinski definition) is 1. The Kier molecular flexibility index (Phi) is 4.81. The lowest BCUT2D eigenvalue weighted by Crippen LogP contribution is -2.34. The molecule has 0 saturated carbocycles. The van der Waals surface area contributed by atoms with Crippen molar-refractivity contribution in [1.29, 1.82) is 0 Å². The third-order valence-electron chi connectivity index (χ3n) is 2.61. The van der Waals surface area contributed by atoms with Crippen molar-refractivity contribution >= 4 is 11.6 Å². The minimum Gasteiger partial charge on any atom is -0.492 e. The third kappa shape index (κ3) is 4.47. The van der Waals surface area contributed by atoms with Crippen LogP contribution in [0.25, 0.3) is 0 Å². The number of hydrogen-bond acceptors (Lipinski definition) is 3. The van der Waals surface area contributed by atoms with E-state index < -0.39 is 0 Å². The van der Waals surface area contributed by atoms with Gasteiger partial charge in [0.15, 0.2) is 0 Å². The summed E-state index contributed by atoms with van der Waals surface area (Å²) < 4.78 is 5.36. The number of ether oxygens (including phenoxy) is 1. The van der Waals surface area contributed by atoms with Crippen LogP contribution in [-0.4, -0.2) is 31.0 Å². The molecule has 0 saturated heterocycles. The van der Waals surface area contributed by atoms with Crippen molar-refractivity contribution in [2.45, 2.75) is 27.7 Å². The molecule has 19 heavy (non-hydrogen) atoms. The molecule has 0 atom stereocenters. The smallest absolute Gasteiger partial charge is 0.253 e. The van der Waals surface area contributed by atoms with Gasteiger partial charge in [0.2, 0.25) is 0 Å². The summed E-state index contributed by atoms with van der Waals surface area (Å²) in [5.74, 6) is 0.599. The first kappa shape index (κ1) is 15.3. The predicted octanol–water partition coefficient (Wildman–Crippen LogP) is 2.79. The van der Waals surface area contributed by atoms with Crippen molar-refractivity contribution < 1.29 is 9.53 Å². The van der Waals surface area contributed by atoms with E-state index in [1.54, 1.807) is 30.1 Å². The number of carbonyl (C=O) groups is 1. The fraction of sp³-hybridized carbons (Fsp3) is 0.533. The summed E-state index contributed by atoms with van der Waals surface area (Å²) >= 11 is 0. The molecule has 4 nitrogen and oxygen atoms in total. The van der Waals surface area contributed by atoms with E-state index in [-0.39, 0.29) is 11.3 Å². The van der Waals surface area contributed by atoms with Gasteiger partial charge < -0.3 is 15.4 Å². The van der Waals surface area contributed by atoms with Gasteiger partial charge in [-0.05, 0) is 30.5 Å². The van der Waals surface area contributed by atoms with Crippen LogP contribution in [0.5, 0.6) is 5.75 Å². The van der Waals surface area contributed by atoms with E-state index in [1.165, 1.54) is 0 Å². The van der Waals surface area contributed by atoms with Crippen LogP contribution in [0.15, 0.2) is 18.2 Å². The maximum absolute atomic E-state index is 12.3. The lowest BCUT2D eigenvalue weighted by Gasteiger charge is -2.26. The first-order valence-electron chi connectivity index (χ1n) is 6.52. The molecule has 0 aliphatic heterocycles. The Balaban J connectivity index is 2.86. The lowest BCUT2D eigenvalue weighted by molar-refractivity contribution is 0.0745. The van der Waals surface area contributed by atoms with Crippen LogP contribution in [0.3, 0.4) is 0 Å². The molecule has 0 aliphatic carbocycles. The van der Waals surface area contributed by atoms with Crippen molar-refractivity contribution in [2.24, 2.45) is 5.41 Å². The highest BCUT2D eigenvalue weighted by Crippen LogP contribution is 2.24. The van der Waals surface area contributed by atoms with Gasteiger partial charge in [0.25, 0.3) is 5.91 Å². The van der Waals surface area contributed by atoms with Gasteiger partial charge in [-0.1, -0.05) is 20.8 Å². The lowest BCUT2D eigenvalue weighted by atomic mass is 9.96. The molecular formula is C15H24N2O2. The average molecular weight is 264 g/mol. The normalized spacial score (nSPS) is 11.2. The zero-order chi connectivity index (χ0) is 14.6. The maximum atomic E-state index is 12.3. The van der Waals surface area contributed by atoms with E-state index >= 15 is 0 Å². The van der Waals surface area contributed by atoms with Gasteiger partial charge in [-0.2, -0.15) is 0 Å². The standard InChI is InChI=1S/C15H24N2O2/c1-6-19-13-8-7-11(9-12(13)16)14(18)17(5)10-15(2,3)4/h7-9H,6,10,16H2,1-5H3. The number of amides is 1. The third-order valence-corrected chi connectivity index (χ3v) is 2.61. The second-order valence-electron chi connectivity index (χ2n) is 5.91. The van der Waals surface area contributed by atoms with Gasteiger partial charge in [-0.25, -0.2) is 0 Å². The number of nitrogen functional groups attached to an aromatic ring is 1. The van der Waals surface area contributed by atoms with Crippen molar-refractivity contribution in [1.82, 2.24) is 4.90 Å². The minimum absolute atomic E-state index is 0.0235. The van der Waals surface area contributed by atoms with Gasteiger partial charge in [-0.15, -0.1) is 0 Å². The minimum atomic E-state index is -0.0235. The van der Waals surface area contributed by atoms with Crippen LogP contribution < -0.4 is 10.5 Å². The molecule has 0 heterocycles. The summed E-state index contributed by atoms with van der Waals surface area (Å²) in [7, 11) is 1.81. The van der Waals surface area contributed by atoms with Crippen molar-refractivity contribution in [3.05, 3.63) is 23.8 Å². The van der Waals surface area contributed by atoms with Gasteiger partial charge in [0.05, 0.1) is 12.3 Å². The van der Waals surface area contributed by atoms with E-state index in [9.17, 15) is 4.79 Å². The first-order valence-corrected chi connectivity index (χ1v) is 6.52. The Morgan fingerprint density at radius 2 is 2.00 bits per heavy atom. The highest BCUT2D eigenvalue weighted by atomic mass is 16.5. The maximum Gasteiger partial charge on any atom is 0.253 e. The molecule has 4 heteroatoms. The van der Waals surface area contributed by atoms with Crippen LogP contribution in [0, 0.1) is 5.41 Å². The number of nitrogens with zero attached hydrogens (tertiary/aromatic N) is 1. The van der Waals surface area contributed by atoms with Crippen LogP contribution in [0.1, 0.15) is 38.1 Å². The fourth-order valence-electron chi connectivity index (χ4n) is 1.97. The Morgan fingerprint density at radius 1 is 1.37 bits per heavy atom. The van der Waals surface area contributed by atoms with Crippen molar-refractivity contribution in [3.63, 3.8) is 0 Å². The van der Waals surface area contributed by atoms with Crippen molar-refractivity contribution in [2.75, 3.05) is 25.9 Å². The Bertz CT molecular complexity index is 450. The van der Waals surface area contributed by atoms with E-state index in [4.69, 9.17) is 10.5 Å². The van der Waals surface area contributed by atoms with Gasteiger partial charge >= 0.3 is 0 Å². The van der Waals surface area contributed by atoms with Gasteiger partial charge in [0.1, 0.15) is 5.75 Å². The molecule has 0 fully saturated rings. The van der Waals surface area contributed by atoms with E-state index in [0.29, 0.717) is 30.2 Å². The summed E-state index contributed by atoms with van der Waals surface area (Å²) in [6, 6.07) is 5.17. The molecule has 0 aliphatic rings. The van der Waals surface area contributed by atoms with Crippen molar-refractivity contribution in [3.8, 4) is 5.75 Å². The quantitative estimate of drug-likeness (QED) is 0.851. The Morgan fingerprint density at radius 3 is 2.47 bits per heavy atom. The van der Waals surface area contributed by atoms with Gasteiger partial charge in [0, 0.05) is 19.2 Å². The summed E-state index contributed by atoms with van der Waals surface area (Å²) in [4.78, 5) is 14.0. The zero-order valence-corrected chi connectivity index (χ0v) is 12.5. The molecule has 106 valence electrons. The van der Waals surface area contributed by atoms with Gasteiger partial charge in [-0.3, -0.25) is 4.79 Å². The topological polar surface area (TPSA) is 55.6 Å². The summed E-state index contributed by atoms with van der Waals surface area (Å²) in [6.07, 6.45) is 0. The number of carbonyl (C=O) groups excluding carboxylic acids is 1. The molecule has 2 N–H and O–H groups in total. The van der Waals surface area contributed by atoms with Crippen LogP contribution in [-0.2, 0) is 0 Å². The largest absolute Gasteiger partial charge is 0.492 e. The highest BCUT2D eigenvalue weighted by Gasteiger charge is 2.19. The second-order valence-corrected chi connectivity index (χ2v) is 5.91. The van der Waals surface area contributed by atoms with Crippen LogP contribution >= 0.6 is 0 Å². The molecule has 1 rings (SSSR count). The summed E-state index contributed by atoms with van der Waals surface area (Å²) in [5.41, 5.74) is 7.04. The highest BCUT2D eigenvalue weighted by molar-refractivity contribution is 5.95. The number of anilines is 1. The molecule has 1 aromatic rings. The zero-order valence-electron chi connectivity index (χ0n) is 12.5. The first-order chi connectivity index (χ1) is 8.74. The monoisotopic (exact) mass is 264 g/mol. The molecule has 0 radical (unpaired) electrons. The average Bonchev–Trinajstić information content (AvgIpc) is 2.29. The summed E-state index contributed by atoms with van der Waals surface area (Å²) in [6.45, 7) is 9.45. The van der Waals surface area contributed by atoms with E-state index in [0.717, 1.165) is 0 Å². The Labute approximate surface area is 115 Å². The fourth-order valence-corrected chi connectivity index (χ4v) is 1.97. The number of nitrogens with two attached hydrogens (primary N) is 1. The summed E-state index contributed by atoms with van der Waals surface area (Å²) in [5, 5.41) is 0. The molecule has 0 spiro atoms. The molecular weight excluding hydrogens is 240 g/mol. The van der Waals surface area contributed by atoms with Crippen LogP contribution in [0.4, 0.5) is 5.69 Å². The Hall–Kier alpha value is -1.71. The van der Waals surface area contributed by atoms with E-state index in [2.05, 4.69) is 20.8 Å². The SMILES string of the molecule is CCOc1ccc(C(=O)N(C)CC(C)(C)C)cc1N. The number of rotatable bonds is 4. The molecule has 0 aromatic heterocycles. The molecule has 0 unspecified atom stereocenters. The second kappa shape index (κ2) is 5.95. The van der Waals surface area contributed by atoms with Crippen LogP contribution in [0.2, 0.25) is 0 Å². The molecule has 0 bridgehead atoms. The van der Waals surface area contributed by atoms with E-state index in [1.807, 2.05) is 6.92 Å². The predicted molar refractivity (Wildman–Crippen MR) is 78.4 cm³/mol. The number of benzene rings is 1.